The highest BCUT2D eigenvalue weighted by Crippen LogP contribution is 2.21. The lowest BCUT2D eigenvalue weighted by molar-refractivity contribution is -0.149. The van der Waals surface area contributed by atoms with Crippen LogP contribution in [0.5, 0.6) is 0 Å². The van der Waals surface area contributed by atoms with Gasteiger partial charge in [-0.05, 0) is 45.0 Å². The third kappa shape index (κ3) is 7.03. The van der Waals surface area contributed by atoms with E-state index in [1.165, 1.54) is 0 Å². The summed E-state index contributed by atoms with van der Waals surface area (Å²) in [7, 11) is 0. The molecule has 40 heavy (non-hydrogen) atoms. The number of nitrogens with one attached hydrogen (secondary N) is 1. The van der Waals surface area contributed by atoms with Crippen molar-refractivity contribution < 1.29 is 14.3 Å². The van der Waals surface area contributed by atoms with Crippen LogP contribution in [0, 0.1) is 5.92 Å². The van der Waals surface area contributed by atoms with Crippen LogP contribution in [0.1, 0.15) is 23.6 Å². The van der Waals surface area contributed by atoms with Crippen molar-refractivity contribution >= 4 is 22.6 Å². The number of carbonyl (C=O) groups excluding carboxylic acids is 2. The Morgan fingerprint density at radius 1 is 0.625 bits per heavy atom. The lowest BCUT2D eigenvalue weighted by Crippen LogP contribution is -2.45. The number of benzene rings is 5. The van der Waals surface area contributed by atoms with E-state index in [-0.39, 0.29) is 18.4 Å². The molecular formula is C36H33NO3. The Balaban J connectivity index is 1.27. The molecular weight excluding hydrogens is 494 g/mol. The van der Waals surface area contributed by atoms with E-state index in [1.807, 2.05) is 85.8 Å². The zero-order valence-corrected chi connectivity index (χ0v) is 22.6. The third-order valence-corrected chi connectivity index (χ3v) is 7.13. The Bertz CT molecular complexity index is 1560. The Morgan fingerprint density at radius 2 is 1.23 bits per heavy atom. The van der Waals surface area contributed by atoms with Crippen molar-refractivity contribution in [2.75, 3.05) is 0 Å². The summed E-state index contributed by atoms with van der Waals surface area (Å²) < 4.78 is 5.65. The van der Waals surface area contributed by atoms with Crippen LogP contribution in [0.2, 0.25) is 0 Å². The lowest BCUT2D eigenvalue weighted by atomic mass is 9.96. The molecule has 0 heterocycles. The first-order chi connectivity index (χ1) is 19.5. The first kappa shape index (κ1) is 26.9. The maximum Gasteiger partial charge on any atom is 0.329 e. The van der Waals surface area contributed by atoms with Crippen molar-refractivity contribution in [3.05, 3.63) is 144 Å². The molecule has 0 bridgehead atoms. The highest BCUT2D eigenvalue weighted by molar-refractivity contribution is 5.87. The van der Waals surface area contributed by atoms with Crippen LogP contribution in [0.3, 0.4) is 0 Å². The number of esters is 1. The number of amides is 1. The highest BCUT2D eigenvalue weighted by atomic mass is 16.5. The van der Waals surface area contributed by atoms with Gasteiger partial charge in [0.25, 0.3) is 0 Å². The van der Waals surface area contributed by atoms with E-state index in [0.29, 0.717) is 12.8 Å². The largest absolute Gasteiger partial charge is 0.459 e. The Morgan fingerprint density at radius 3 is 1.95 bits per heavy atom. The zero-order chi connectivity index (χ0) is 27.7. The second-order valence-electron chi connectivity index (χ2n) is 10.2. The number of fused-ring (bicyclic) bond motifs is 1. The highest BCUT2D eigenvalue weighted by Gasteiger charge is 2.25. The van der Waals surface area contributed by atoms with E-state index in [9.17, 15) is 9.59 Å². The average molecular weight is 528 g/mol. The van der Waals surface area contributed by atoms with Crippen LogP contribution < -0.4 is 5.32 Å². The van der Waals surface area contributed by atoms with Gasteiger partial charge >= 0.3 is 5.97 Å². The molecule has 5 aromatic rings. The summed E-state index contributed by atoms with van der Waals surface area (Å²) in [5.74, 6) is -0.928. The molecule has 0 unspecified atom stereocenters. The smallest absolute Gasteiger partial charge is 0.329 e. The van der Waals surface area contributed by atoms with E-state index in [4.69, 9.17) is 4.74 Å². The molecule has 2 atom stereocenters. The summed E-state index contributed by atoms with van der Waals surface area (Å²) >= 11 is 0. The quantitative estimate of drug-likeness (QED) is 0.196. The van der Waals surface area contributed by atoms with Crippen molar-refractivity contribution in [3.8, 4) is 11.1 Å². The van der Waals surface area contributed by atoms with Gasteiger partial charge in [-0.2, -0.15) is 0 Å². The van der Waals surface area contributed by atoms with Gasteiger partial charge in [0.2, 0.25) is 5.91 Å². The first-order valence-electron chi connectivity index (χ1n) is 13.7. The molecule has 0 aliphatic carbocycles. The van der Waals surface area contributed by atoms with Gasteiger partial charge < -0.3 is 10.1 Å². The molecule has 0 aliphatic heterocycles. The van der Waals surface area contributed by atoms with Crippen LogP contribution in [0.15, 0.2) is 127 Å². The summed E-state index contributed by atoms with van der Waals surface area (Å²) in [6, 6.07) is 41.5. The first-order valence-corrected chi connectivity index (χ1v) is 13.7. The minimum absolute atomic E-state index is 0.160. The Kier molecular flexibility index (Phi) is 8.67. The third-order valence-electron chi connectivity index (χ3n) is 7.13. The summed E-state index contributed by atoms with van der Waals surface area (Å²) in [4.78, 5) is 26.5. The van der Waals surface area contributed by atoms with Gasteiger partial charge in [-0.15, -0.1) is 0 Å². The van der Waals surface area contributed by atoms with E-state index in [1.54, 1.807) is 0 Å². The maximum absolute atomic E-state index is 13.3. The number of carbonyl (C=O) groups is 2. The Labute approximate surface area is 235 Å². The second-order valence-corrected chi connectivity index (χ2v) is 10.2. The monoisotopic (exact) mass is 527 g/mol. The van der Waals surface area contributed by atoms with Gasteiger partial charge in [0.05, 0.1) is 0 Å². The molecule has 1 amide bonds. The molecule has 5 rings (SSSR count). The minimum atomic E-state index is -0.791. The van der Waals surface area contributed by atoms with Crippen molar-refractivity contribution in [2.24, 2.45) is 5.92 Å². The van der Waals surface area contributed by atoms with E-state index >= 15 is 0 Å². The van der Waals surface area contributed by atoms with Crippen LogP contribution in [0.25, 0.3) is 21.9 Å². The van der Waals surface area contributed by atoms with E-state index < -0.39 is 12.0 Å². The van der Waals surface area contributed by atoms with Crippen molar-refractivity contribution in [3.63, 3.8) is 0 Å². The minimum Gasteiger partial charge on any atom is -0.459 e. The molecule has 1 N–H and O–H groups in total. The van der Waals surface area contributed by atoms with Crippen molar-refractivity contribution in [2.45, 2.75) is 32.4 Å². The van der Waals surface area contributed by atoms with Gasteiger partial charge in [-0.3, -0.25) is 4.79 Å². The lowest BCUT2D eigenvalue weighted by Gasteiger charge is -2.21. The molecule has 0 saturated heterocycles. The standard InChI is InChI=1S/C36H33NO3/c1-26(22-27-16-19-32(20-17-27)30-12-6-3-7-13-30)35(38)37-34(36(39)40-25-28-10-4-2-5-11-28)24-29-18-21-31-14-8-9-15-33(31)23-29/h2-21,23,26,34H,22,24-25H2,1H3,(H,37,38)/t26-,34-/m0/s1. The van der Waals surface area contributed by atoms with Gasteiger partial charge in [-0.1, -0.05) is 134 Å². The van der Waals surface area contributed by atoms with Crippen LogP contribution >= 0.6 is 0 Å². The van der Waals surface area contributed by atoms with Gasteiger partial charge in [0.15, 0.2) is 0 Å². The second kappa shape index (κ2) is 12.9. The van der Waals surface area contributed by atoms with Crippen molar-refractivity contribution in [1.82, 2.24) is 5.32 Å². The molecule has 0 aliphatic rings. The molecule has 0 aromatic heterocycles. The average Bonchev–Trinajstić information content (AvgIpc) is 3.00. The van der Waals surface area contributed by atoms with E-state index in [0.717, 1.165) is 38.6 Å². The van der Waals surface area contributed by atoms with Gasteiger partial charge in [-0.25, -0.2) is 4.79 Å². The molecule has 0 saturated carbocycles. The Hall–Kier alpha value is -4.70. The van der Waals surface area contributed by atoms with Gasteiger partial charge in [0.1, 0.15) is 12.6 Å². The molecule has 0 fully saturated rings. The predicted molar refractivity (Wildman–Crippen MR) is 161 cm³/mol. The predicted octanol–water partition coefficient (Wildman–Crippen LogP) is 7.16. The molecule has 5 aromatic carbocycles. The van der Waals surface area contributed by atoms with Crippen molar-refractivity contribution in [1.29, 1.82) is 0 Å². The van der Waals surface area contributed by atoms with Crippen LogP contribution in [-0.2, 0) is 33.8 Å². The fourth-order valence-electron chi connectivity index (χ4n) is 4.85. The molecule has 0 radical (unpaired) electrons. The molecule has 0 spiro atoms. The fraction of sp³-hybridized carbons (Fsp3) is 0.167. The topological polar surface area (TPSA) is 55.4 Å². The summed E-state index contributed by atoms with van der Waals surface area (Å²) in [6.45, 7) is 2.05. The van der Waals surface area contributed by atoms with Crippen LogP contribution in [-0.4, -0.2) is 17.9 Å². The summed E-state index contributed by atoms with van der Waals surface area (Å²) in [5.41, 5.74) is 5.23. The normalized spacial score (nSPS) is 12.4. The maximum atomic E-state index is 13.3. The fourth-order valence-corrected chi connectivity index (χ4v) is 4.85. The SMILES string of the molecule is C[C@@H](Cc1ccc(-c2ccccc2)cc1)C(=O)N[C@@H](Cc1ccc2ccccc2c1)C(=O)OCc1ccccc1. The number of hydrogen-bond acceptors (Lipinski definition) is 3. The molecule has 200 valence electrons. The molecule has 4 heteroatoms. The summed E-state index contributed by atoms with van der Waals surface area (Å²) in [6.07, 6.45) is 0.922. The van der Waals surface area contributed by atoms with Gasteiger partial charge in [0, 0.05) is 12.3 Å². The summed E-state index contributed by atoms with van der Waals surface area (Å²) in [5, 5.41) is 5.22. The van der Waals surface area contributed by atoms with Crippen LogP contribution in [0.4, 0.5) is 0 Å². The number of rotatable bonds is 10. The zero-order valence-electron chi connectivity index (χ0n) is 22.6. The van der Waals surface area contributed by atoms with E-state index in [2.05, 4.69) is 53.8 Å². The number of ether oxygens (including phenoxy) is 1. The molecule has 4 nitrogen and oxygen atoms in total. The number of hydrogen-bond donors (Lipinski definition) is 1.